The average Bonchev–Trinajstić information content (AvgIpc) is 2.47. The van der Waals surface area contributed by atoms with Crippen molar-refractivity contribution in [2.45, 2.75) is 13.1 Å². The Morgan fingerprint density at radius 1 is 1.05 bits per heavy atom. The number of hydrogen-bond acceptors (Lipinski definition) is 2. The molecule has 0 spiro atoms. The maximum absolute atomic E-state index is 12.8. The number of alkyl halides is 3. The van der Waals surface area contributed by atoms with Gasteiger partial charge in [-0.25, -0.2) is 0 Å². The molecule has 0 fully saturated rings. The second kappa shape index (κ2) is 6.51. The number of amides is 1. The van der Waals surface area contributed by atoms with E-state index in [1.165, 1.54) is 18.2 Å². The quantitative estimate of drug-likeness (QED) is 0.894. The molecule has 3 nitrogen and oxygen atoms in total. The monoisotopic (exact) mass is 308 g/mol. The van der Waals surface area contributed by atoms with E-state index in [9.17, 15) is 18.0 Å². The number of benzene rings is 2. The molecule has 0 bridgehead atoms. The molecule has 0 saturated carbocycles. The fourth-order valence-corrected chi connectivity index (χ4v) is 1.90. The van der Waals surface area contributed by atoms with Gasteiger partial charge in [0.25, 0.3) is 0 Å². The molecular weight excluding hydrogens is 293 g/mol. The molecule has 116 valence electrons. The SMILES string of the molecule is Cc1ccc(NC(=O)CNc2ccccc2C(F)(F)F)cc1. The van der Waals surface area contributed by atoms with Crippen molar-refractivity contribution in [3.8, 4) is 0 Å². The van der Waals surface area contributed by atoms with Crippen molar-refractivity contribution >= 4 is 17.3 Å². The van der Waals surface area contributed by atoms with Gasteiger partial charge < -0.3 is 10.6 Å². The third kappa shape index (κ3) is 4.25. The van der Waals surface area contributed by atoms with Crippen LogP contribution in [0.4, 0.5) is 24.5 Å². The third-order valence-electron chi connectivity index (χ3n) is 3.01. The number of para-hydroxylation sites is 1. The van der Waals surface area contributed by atoms with Gasteiger partial charge in [-0.3, -0.25) is 4.79 Å². The molecule has 2 aromatic carbocycles. The van der Waals surface area contributed by atoms with E-state index in [0.29, 0.717) is 5.69 Å². The number of carbonyl (C=O) groups excluding carboxylic acids is 1. The lowest BCUT2D eigenvalue weighted by Crippen LogP contribution is -2.23. The van der Waals surface area contributed by atoms with Crippen molar-refractivity contribution in [2.24, 2.45) is 0 Å². The van der Waals surface area contributed by atoms with Crippen LogP contribution in [-0.2, 0) is 11.0 Å². The van der Waals surface area contributed by atoms with Crippen molar-refractivity contribution in [1.29, 1.82) is 0 Å². The summed E-state index contributed by atoms with van der Waals surface area (Å²) >= 11 is 0. The van der Waals surface area contributed by atoms with Crippen LogP contribution in [-0.4, -0.2) is 12.5 Å². The topological polar surface area (TPSA) is 41.1 Å². The summed E-state index contributed by atoms with van der Waals surface area (Å²) in [6.07, 6.45) is -4.46. The van der Waals surface area contributed by atoms with Crippen LogP contribution in [0.25, 0.3) is 0 Å². The summed E-state index contributed by atoms with van der Waals surface area (Å²) in [7, 11) is 0. The van der Waals surface area contributed by atoms with Crippen molar-refractivity contribution in [1.82, 2.24) is 0 Å². The highest BCUT2D eigenvalue weighted by molar-refractivity contribution is 5.93. The molecule has 2 rings (SSSR count). The molecule has 0 unspecified atom stereocenters. The molecule has 0 heterocycles. The Balaban J connectivity index is 1.98. The van der Waals surface area contributed by atoms with Crippen LogP contribution < -0.4 is 10.6 Å². The van der Waals surface area contributed by atoms with Gasteiger partial charge in [-0.15, -0.1) is 0 Å². The van der Waals surface area contributed by atoms with Gasteiger partial charge >= 0.3 is 6.18 Å². The first-order valence-corrected chi connectivity index (χ1v) is 6.63. The second-order valence-corrected chi connectivity index (χ2v) is 4.81. The van der Waals surface area contributed by atoms with Crippen LogP contribution >= 0.6 is 0 Å². The second-order valence-electron chi connectivity index (χ2n) is 4.81. The molecule has 2 aromatic rings. The summed E-state index contributed by atoms with van der Waals surface area (Å²) in [6.45, 7) is 1.67. The molecule has 0 atom stereocenters. The maximum Gasteiger partial charge on any atom is 0.418 e. The first kappa shape index (κ1) is 15.9. The molecule has 0 aliphatic heterocycles. The van der Waals surface area contributed by atoms with Crippen molar-refractivity contribution < 1.29 is 18.0 Å². The van der Waals surface area contributed by atoms with E-state index in [2.05, 4.69) is 10.6 Å². The van der Waals surface area contributed by atoms with Gasteiger partial charge in [0.05, 0.1) is 12.1 Å². The molecule has 0 aromatic heterocycles. The lowest BCUT2D eigenvalue weighted by Gasteiger charge is -2.14. The van der Waals surface area contributed by atoms with Gasteiger partial charge in [0.1, 0.15) is 0 Å². The summed E-state index contributed by atoms with van der Waals surface area (Å²) in [6, 6.07) is 12.2. The van der Waals surface area contributed by atoms with Crippen LogP contribution in [0.5, 0.6) is 0 Å². The van der Waals surface area contributed by atoms with Gasteiger partial charge in [0.15, 0.2) is 0 Å². The standard InChI is InChI=1S/C16H15F3N2O/c1-11-6-8-12(9-7-11)21-15(22)10-20-14-5-3-2-4-13(14)16(17,18)19/h2-9,20H,10H2,1H3,(H,21,22). The number of hydrogen-bond donors (Lipinski definition) is 2. The maximum atomic E-state index is 12.8. The van der Waals surface area contributed by atoms with Gasteiger partial charge in [-0.2, -0.15) is 13.2 Å². The number of aryl methyl sites for hydroxylation is 1. The van der Waals surface area contributed by atoms with Crippen molar-refractivity contribution in [2.75, 3.05) is 17.2 Å². The number of anilines is 2. The Labute approximate surface area is 126 Å². The fraction of sp³-hybridized carbons (Fsp3) is 0.188. The van der Waals surface area contributed by atoms with Gasteiger partial charge in [-0.1, -0.05) is 29.8 Å². The summed E-state index contributed by atoms with van der Waals surface area (Å²) in [5.74, 6) is -0.416. The lowest BCUT2D eigenvalue weighted by molar-refractivity contribution is -0.137. The summed E-state index contributed by atoms with van der Waals surface area (Å²) in [5.41, 5.74) is 0.740. The number of halogens is 3. The fourth-order valence-electron chi connectivity index (χ4n) is 1.90. The Bertz CT molecular complexity index is 651. The van der Waals surface area contributed by atoms with Gasteiger partial charge in [0, 0.05) is 11.4 Å². The highest BCUT2D eigenvalue weighted by Crippen LogP contribution is 2.34. The summed E-state index contributed by atoms with van der Waals surface area (Å²) in [4.78, 5) is 11.8. The van der Waals surface area contributed by atoms with E-state index in [4.69, 9.17) is 0 Å². The first-order valence-electron chi connectivity index (χ1n) is 6.63. The Morgan fingerprint density at radius 3 is 2.32 bits per heavy atom. The zero-order chi connectivity index (χ0) is 16.2. The van der Waals surface area contributed by atoms with E-state index >= 15 is 0 Å². The largest absolute Gasteiger partial charge is 0.418 e. The van der Waals surface area contributed by atoms with E-state index in [1.807, 2.05) is 19.1 Å². The molecule has 22 heavy (non-hydrogen) atoms. The normalized spacial score (nSPS) is 11.1. The van der Waals surface area contributed by atoms with E-state index in [1.54, 1.807) is 12.1 Å². The molecule has 2 N–H and O–H groups in total. The number of carbonyl (C=O) groups is 1. The smallest absolute Gasteiger partial charge is 0.376 e. The van der Waals surface area contributed by atoms with E-state index in [-0.39, 0.29) is 12.2 Å². The highest BCUT2D eigenvalue weighted by Gasteiger charge is 2.33. The van der Waals surface area contributed by atoms with E-state index in [0.717, 1.165) is 11.6 Å². The Hall–Kier alpha value is -2.50. The average molecular weight is 308 g/mol. The molecule has 6 heteroatoms. The molecule has 0 radical (unpaired) electrons. The van der Waals surface area contributed by atoms with Crippen LogP contribution in [0.1, 0.15) is 11.1 Å². The molecule has 1 amide bonds. The highest BCUT2D eigenvalue weighted by atomic mass is 19.4. The van der Waals surface area contributed by atoms with Crippen LogP contribution in [0.15, 0.2) is 48.5 Å². The predicted molar refractivity (Wildman–Crippen MR) is 79.7 cm³/mol. The minimum Gasteiger partial charge on any atom is -0.376 e. The van der Waals surface area contributed by atoms with E-state index < -0.39 is 17.6 Å². The number of nitrogens with one attached hydrogen (secondary N) is 2. The molecule has 0 aliphatic carbocycles. The van der Waals surface area contributed by atoms with Crippen molar-refractivity contribution in [3.05, 3.63) is 59.7 Å². The number of rotatable bonds is 4. The first-order chi connectivity index (χ1) is 10.4. The summed E-state index contributed by atoms with van der Waals surface area (Å²) < 4.78 is 38.5. The van der Waals surface area contributed by atoms with Crippen molar-refractivity contribution in [3.63, 3.8) is 0 Å². The lowest BCUT2D eigenvalue weighted by atomic mass is 10.1. The van der Waals surface area contributed by atoms with Gasteiger partial charge in [-0.05, 0) is 31.2 Å². The van der Waals surface area contributed by atoms with Crippen LogP contribution in [0.2, 0.25) is 0 Å². The third-order valence-corrected chi connectivity index (χ3v) is 3.01. The van der Waals surface area contributed by atoms with Crippen LogP contribution in [0.3, 0.4) is 0 Å². The zero-order valence-corrected chi connectivity index (χ0v) is 11.9. The Morgan fingerprint density at radius 2 is 1.68 bits per heavy atom. The molecule has 0 aliphatic rings. The zero-order valence-electron chi connectivity index (χ0n) is 11.9. The molecular formula is C16H15F3N2O. The van der Waals surface area contributed by atoms with Crippen LogP contribution in [0, 0.1) is 6.92 Å². The predicted octanol–water partition coefficient (Wildman–Crippen LogP) is 4.06. The minimum absolute atomic E-state index is 0.117. The summed E-state index contributed by atoms with van der Waals surface area (Å²) in [5, 5.41) is 5.13. The Kier molecular flexibility index (Phi) is 4.70. The molecule has 0 saturated heterocycles. The minimum atomic E-state index is -4.46. The van der Waals surface area contributed by atoms with Gasteiger partial charge in [0.2, 0.25) is 5.91 Å².